The third-order valence-corrected chi connectivity index (χ3v) is 3.81. The maximum Gasteiger partial charge on any atom is -0.0173 e. The SMILES string of the molecule is CC1C2C=CC1[C@H](C)[C@H]2C. The number of allylic oxidation sites excluding steroid dienone is 2. The van der Waals surface area contributed by atoms with Crippen molar-refractivity contribution >= 4 is 0 Å². The second-order valence-corrected chi connectivity index (χ2v) is 4.12. The lowest BCUT2D eigenvalue weighted by Crippen LogP contribution is -2.12. The largest absolute Gasteiger partial charge is 0.0846 e. The molecule has 1 saturated carbocycles. The van der Waals surface area contributed by atoms with Crippen LogP contribution in [-0.2, 0) is 0 Å². The first kappa shape index (κ1) is 6.45. The van der Waals surface area contributed by atoms with Gasteiger partial charge in [-0.25, -0.2) is 0 Å². The molecule has 0 aromatic heterocycles. The van der Waals surface area contributed by atoms with Crippen LogP contribution in [0.25, 0.3) is 0 Å². The molecule has 0 saturated heterocycles. The van der Waals surface area contributed by atoms with Crippen LogP contribution < -0.4 is 0 Å². The van der Waals surface area contributed by atoms with E-state index in [-0.39, 0.29) is 0 Å². The maximum atomic E-state index is 2.43. The third-order valence-electron chi connectivity index (χ3n) is 3.81. The molecule has 0 N–H and O–H groups in total. The lowest BCUT2D eigenvalue weighted by molar-refractivity contribution is 0.364. The molecule has 2 aliphatic rings. The third kappa shape index (κ3) is 0.574. The topological polar surface area (TPSA) is 0 Å². The van der Waals surface area contributed by atoms with E-state index < -0.39 is 0 Å². The van der Waals surface area contributed by atoms with Crippen molar-refractivity contribution in [3.8, 4) is 0 Å². The number of fused-ring (bicyclic) bond motifs is 2. The van der Waals surface area contributed by atoms with Gasteiger partial charge in [0.25, 0.3) is 0 Å². The van der Waals surface area contributed by atoms with E-state index in [2.05, 4.69) is 32.9 Å². The van der Waals surface area contributed by atoms with E-state index >= 15 is 0 Å². The van der Waals surface area contributed by atoms with Crippen molar-refractivity contribution in [2.45, 2.75) is 20.8 Å². The lowest BCUT2D eigenvalue weighted by Gasteiger charge is -2.19. The minimum Gasteiger partial charge on any atom is -0.0846 e. The zero-order valence-electron chi connectivity index (χ0n) is 7.04. The van der Waals surface area contributed by atoms with Crippen LogP contribution in [0.5, 0.6) is 0 Å². The first-order valence-electron chi connectivity index (χ1n) is 4.40. The van der Waals surface area contributed by atoms with Crippen LogP contribution in [-0.4, -0.2) is 0 Å². The molecule has 2 unspecified atom stereocenters. The standard InChI is InChI=1S/C10H16/c1-6-7(2)10-5-4-9(6)8(10)3/h4-10H,1-3H3/t6-,7-,8?,9?,10?/m1/s1. The van der Waals surface area contributed by atoms with Gasteiger partial charge in [-0.3, -0.25) is 0 Å². The van der Waals surface area contributed by atoms with E-state index in [1.54, 1.807) is 0 Å². The second kappa shape index (κ2) is 1.87. The fourth-order valence-electron chi connectivity index (χ4n) is 2.87. The molecular weight excluding hydrogens is 120 g/mol. The molecular formula is C10H16. The van der Waals surface area contributed by atoms with Crippen molar-refractivity contribution in [2.75, 3.05) is 0 Å². The number of rotatable bonds is 0. The minimum absolute atomic E-state index is 0.903. The molecule has 56 valence electrons. The normalized spacial score (nSPS) is 58.1. The first-order valence-corrected chi connectivity index (χ1v) is 4.40. The van der Waals surface area contributed by atoms with Crippen LogP contribution in [0.15, 0.2) is 12.2 Å². The lowest BCUT2D eigenvalue weighted by atomic mass is 9.86. The summed E-state index contributed by atoms with van der Waals surface area (Å²) in [4.78, 5) is 0. The summed E-state index contributed by atoms with van der Waals surface area (Å²) in [5, 5.41) is 0. The molecule has 4 atom stereocenters. The predicted octanol–water partition coefficient (Wildman–Crippen LogP) is 2.71. The Hall–Kier alpha value is -0.260. The van der Waals surface area contributed by atoms with Gasteiger partial charge >= 0.3 is 0 Å². The van der Waals surface area contributed by atoms with Crippen LogP contribution >= 0.6 is 0 Å². The van der Waals surface area contributed by atoms with E-state index in [9.17, 15) is 0 Å². The van der Waals surface area contributed by atoms with Crippen LogP contribution in [0.3, 0.4) is 0 Å². The molecule has 2 rings (SSSR count). The van der Waals surface area contributed by atoms with Gasteiger partial charge in [-0.1, -0.05) is 32.9 Å². The molecule has 0 aromatic rings. The minimum atomic E-state index is 0.903. The Bertz CT molecular complexity index is 151. The molecule has 0 heteroatoms. The van der Waals surface area contributed by atoms with E-state index in [0.717, 1.165) is 29.6 Å². The molecule has 2 aliphatic carbocycles. The molecule has 0 radical (unpaired) electrons. The molecule has 0 amide bonds. The van der Waals surface area contributed by atoms with Crippen molar-refractivity contribution in [3.05, 3.63) is 12.2 Å². The predicted molar refractivity (Wildman–Crippen MR) is 43.6 cm³/mol. The average Bonchev–Trinajstić information content (AvgIpc) is 2.34. The summed E-state index contributed by atoms with van der Waals surface area (Å²) in [5.74, 6) is 4.61. The van der Waals surface area contributed by atoms with Gasteiger partial charge in [0.2, 0.25) is 0 Å². The van der Waals surface area contributed by atoms with Gasteiger partial charge in [0, 0.05) is 0 Å². The van der Waals surface area contributed by atoms with E-state index in [0.29, 0.717) is 0 Å². The second-order valence-electron chi connectivity index (χ2n) is 4.12. The molecule has 0 spiro atoms. The Kier molecular flexibility index (Phi) is 1.21. The van der Waals surface area contributed by atoms with Gasteiger partial charge < -0.3 is 0 Å². The Morgan fingerprint density at radius 3 is 1.30 bits per heavy atom. The van der Waals surface area contributed by atoms with Crippen molar-refractivity contribution in [3.63, 3.8) is 0 Å². The monoisotopic (exact) mass is 136 g/mol. The Morgan fingerprint density at radius 1 is 0.700 bits per heavy atom. The van der Waals surface area contributed by atoms with Crippen molar-refractivity contribution in [1.82, 2.24) is 0 Å². The van der Waals surface area contributed by atoms with Crippen molar-refractivity contribution in [1.29, 1.82) is 0 Å². The molecule has 10 heavy (non-hydrogen) atoms. The van der Waals surface area contributed by atoms with E-state index in [1.165, 1.54) is 0 Å². The molecule has 2 bridgehead atoms. The van der Waals surface area contributed by atoms with Gasteiger partial charge in [0.1, 0.15) is 0 Å². The maximum absolute atomic E-state index is 2.43. The number of hydrogen-bond acceptors (Lipinski definition) is 0. The summed E-state index contributed by atoms with van der Waals surface area (Å²) in [6.07, 6.45) is 4.86. The van der Waals surface area contributed by atoms with E-state index in [1.807, 2.05) is 0 Å². The molecule has 0 nitrogen and oxygen atoms in total. The molecule has 0 aliphatic heterocycles. The Morgan fingerprint density at radius 2 is 1.10 bits per heavy atom. The summed E-state index contributed by atoms with van der Waals surface area (Å²) in [5.41, 5.74) is 0. The zero-order chi connectivity index (χ0) is 7.30. The van der Waals surface area contributed by atoms with Crippen LogP contribution in [0, 0.1) is 29.6 Å². The average molecular weight is 136 g/mol. The highest BCUT2D eigenvalue weighted by molar-refractivity contribution is 5.14. The van der Waals surface area contributed by atoms with E-state index in [4.69, 9.17) is 0 Å². The van der Waals surface area contributed by atoms with Gasteiger partial charge in [-0.15, -0.1) is 0 Å². The Balaban J connectivity index is 2.30. The first-order chi connectivity index (χ1) is 4.72. The molecule has 1 fully saturated rings. The van der Waals surface area contributed by atoms with Gasteiger partial charge in [0.15, 0.2) is 0 Å². The van der Waals surface area contributed by atoms with Crippen LogP contribution in [0.2, 0.25) is 0 Å². The summed E-state index contributed by atoms with van der Waals surface area (Å²) in [7, 11) is 0. The number of hydrogen-bond donors (Lipinski definition) is 0. The fraction of sp³-hybridized carbons (Fsp3) is 0.800. The quantitative estimate of drug-likeness (QED) is 0.449. The summed E-state index contributed by atoms with van der Waals surface area (Å²) in [6.45, 7) is 7.19. The summed E-state index contributed by atoms with van der Waals surface area (Å²) < 4.78 is 0. The molecule has 0 aromatic carbocycles. The van der Waals surface area contributed by atoms with Gasteiger partial charge in [-0.2, -0.15) is 0 Å². The highest BCUT2D eigenvalue weighted by atomic mass is 14.5. The molecule has 0 heterocycles. The summed E-state index contributed by atoms with van der Waals surface area (Å²) >= 11 is 0. The zero-order valence-corrected chi connectivity index (χ0v) is 7.04. The van der Waals surface area contributed by atoms with Crippen molar-refractivity contribution < 1.29 is 0 Å². The smallest absolute Gasteiger partial charge is 0.0173 e. The highest BCUT2D eigenvalue weighted by Crippen LogP contribution is 2.51. The van der Waals surface area contributed by atoms with Crippen LogP contribution in [0.4, 0.5) is 0 Å². The van der Waals surface area contributed by atoms with Gasteiger partial charge in [-0.05, 0) is 29.6 Å². The van der Waals surface area contributed by atoms with Crippen LogP contribution in [0.1, 0.15) is 20.8 Å². The highest BCUT2D eigenvalue weighted by Gasteiger charge is 2.44. The fourth-order valence-corrected chi connectivity index (χ4v) is 2.87. The summed E-state index contributed by atoms with van der Waals surface area (Å²) in [6, 6.07) is 0. The van der Waals surface area contributed by atoms with Crippen molar-refractivity contribution in [2.24, 2.45) is 29.6 Å². The van der Waals surface area contributed by atoms with Gasteiger partial charge in [0.05, 0.1) is 0 Å². The Labute approximate surface area is 63.3 Å².